The van der Waals surface area contributed by atoms with Crippen LogP contribution < -0.4 is 14.8 Å². The summed E-state index contributed by atoms with van der Waals surface area (Å²) in [4.78, 5) is 21.6. The maximum absolute atomic E-state index is 13.0. The number of anilines is 1. The van der Waals surface area contributed by atoms with Crippen molar-refractivity contribution in [3.05, 3.63) is 65.9 Å². The molecule has 2 aromatic heterocycles. The minimum atomic E-state index is -0.334. The van der Waals surface area contributed by atoms with E-state index in [2.05, 4.69) is 15.3 Å². The number of amides is 1. The van der Waals surface area contributed by atoms with Crippen LogP contribution in [0.4, 0.5) is 5.69 Å². The van der Waals surface area contributed by atoms with Gasteiger partial charge in [-0.15, -0.1) is 0 Å². The minimum Gasteiger partial charge on any atom is -0.496 e. The first-order valence-corrected chi connectivity index (χ1v) is 8.95. The summed E-state index contributed by atoms with van der Waals surface area (Å²) < 4.78 is 16.4. The SMILES string of the molecule is COc1cccc(OC)c1C(=O)Nc1cc(-c2nc3ncccc3o2)ccc1C. The Bertz CT molecular complexity index is 1140. The van der Waals surface area contributed by atoms with Gasteiger partial charge in [0.2, 0.25) is 5.89 Å². The zero-order valence-electron chi connectivity index (χ0n) is 16.2. The monoisotopic (exact) mass is 389 g/mol. The maximum Gasteiger partial charge on any atom is 0.263 e. The third kappa shape index (κ3) is 3.50. The molecule has 0 saturated carbocycles. The molecular formula is C22H19N3O4. The van der Waals surface area contributed by atoms with Gasteiger partial charge in [-0.2, -0.15) is 4.98 Å². The van der Waals surface area contributed by atoms with E-state index in [1.54, 1.807) is 30.5 Å². The van der Waals surface area contributed by atoms with Crippen molar-refractivity contribution in [2.45, 2.75) is 6.92 Å². The van der Waals surface area contributed by atoms with Crippen molar-refractivity contribution in [2.75, 3.05) is 19.5 Å². The number of oxazole rings is 1. The zero-order valence-corrected chi connectivity index (χ0v) is 16.2. The van der Waals surface area contributed by atoms with E-state index < -0.39 is 0 Å². The first-order valence-electron chi connectivity index (χ1n) is 8.95. The van der Waals surface area contributed by atoms with Crippen molar-refractivity contribution in [3.8, 4) is 23.0 Å². The number of pyridine rings is 1. The van der Waals surface area contributed by atoms with Crippen molar-refractivity contribution in [3.63, 3.8) is 0 Å². The molecule has 0 aliphatic heterocycles. The topological polar surface area (TPSA) is 86.5 Å². The highest BCUT2D eigenvalue weighted by atomic mass is 16.5. The van der Waals surface area contributed by atoms with Crippen LogP contribution in [-0.2, 0) is 0 Å². The molecule has 2 heterocycles. The Balaban J connectivity index is 1.69. The van der Waals surface area contributed by atoms with Crippen molar-refractivity contribution >= 4 is 22.8 Å². The van der Waals surface area contributed by atoms with Crippen LogP contribution in [0.1, 0.15) is 15.9 Å². The molecule has 4 rings (SSSR count). The number of carbonyl (C=O) groups is 1. The fourth-order valence-corrected chi connectivity index (χ4v) is 3.04. The van der Waals surface area contributed by atoms with Crippen LogP contribution in [0.3, 0.4) is 0 Å². The Morgan fingerprint density at radius 1 is 1.03 bits per heavy atom. The van der Waals surface area contributed by atoms with Crippen molar-refractivity contribution < 1.29 is 18.7 Å². The van der Waals surface area contributed by atoms with Gasteiger partial charge >= 0.3 is 0 Å². The van der Waals surface area contributed by atoms with Gasteiger partial charge in [-0.25, -0.2) is 4.98 Å². The molecule has 0 radical (unpaired) electrons. The van der Waals surface area contributed by atoms with Gasteiger partial charge in [-0.3, -0.25) is 4.79 Å². The molecule has 0 aliphatic carbocycles. The van der Waals surface area contributed by atoms with Crippen LogP contribution in [0.15, 0.2) is 59.1 Å². The van der Waals surface area contributed by atoms with E-state index >= 15 is 0 Å². The Labute approximate surface area is 167 Å². The standard InChI is InChI=1S/C22H19N3O4/c1-13-9-10-14(22-25-20-18(29-22)8-5-11-23-20)12-15(13)24-21(26)19-16(27-2)6-4-7-17(19)28-3/h4-12H,1-3H3,(H,24,26). The molecule has 0 saturated heterocycles. The summed E-state index contributed by atoms with van der Waals surface area (Å²) in [5.41, 5.74) is 3.73. The van der Waals surface area contributed by atoms with Crippen LogP contribution in [0.2, 0.25) is 0 Å². The van der Waals surface area contributed by atoms with E-state index in [1.807, 2.05) is 31.2 Å². The molecule has 2 aromatic carbocycles. The van der Waals surface area contributed by atoms with Crippen LogP contribution in [0.5, 0.6) is 11.5 Å². The number of aromatic nitrogens is 2. The number of methoxy groups -OCH3 is 2. The molecule has 0 atom stereocenters. The average molecular weight is 389 g/mol. The van der Waals surface area contributed by atoms with E-state index in [0.29, 0.717) is 39.9 Å². The number of carbonyl (C=O) groups excluding carboxylic acids is 1. The number of aryl methyl sites for hydroxylation is 1. The van der Waals surface area contributed by atoms with E-state index in [1.165, 1.54) is 14.2 Å². The van der Waals surface area contributed by atoms with Gasteiger partial charge < -0.3 is 19.2 Å². The molecule has 4 aromatic rings. The fraction of sp³-hybridized carbons (Fsp3) is 0.136. The molecule has 29 heavy (non-hydrogen) atoms. The van der Waals surface area contributed by atoms with Gasteiger partial charge in [0.15, 0.2) is 11.2 Å². The lowest BCUT2D eigenvalue weighted by Gasteiger charge is -2.14. The number of nitrogens with zero attached hydrogens (tertiary/aromatic N) is 2. The number of nitrogens with one attached hydrogen (secondary N) is 1. The van der Waals surface area contributed by atoms with Crippen molar-refractivity contribution in [2.24, 2.45) is 0 Å². The summed E-state index contributed by atoms with van der Waals surface area (Å²) >= 11 is 0. The number of hydrogen-bond acceptors (Lipinski definition) is 6. The lowest BCUT2D eigenvalue weighted by atomic mass is 10.1. The quantitative estimate of drug-likeness (QED) is 0.542. The molecule has 0 spiro atoms. The first kappa shape index (κ1) is 18.5. The molecule has 7 heteroatoms. The van der Waals surface area contributed by atoms with Crippen LogP contribution in [0.25, 0.3) is 22.7 Å². The van der Waals surface area contributed by atoms with Gasteiger partial charge in [0.05, 0.1) is 14.2 Å². The molecule has 0 fully saturated rings. The molecule has 1 N–H and O–H groups in total. The van der Waals surface area contributed by atoms with E-state index in [4.69, 9.17) is 13.9 Å². The maximum atomic E-state index is 13.0. The molecule has 0 bridgehead atoms. The number of ether oxygens (including phenoxy) is 2. The average Bonchev–Trinajstić information content (AvgIpc) is 3.18. The van der Waals surface area contributed by atoms with Crippen molar-refractivity contribution in [1.29, 1.82) is 0 Å². The Kier molecular flexibility index (Phi) is 4.87. The number of fused-ring (bicyclic) bond motifs is 1. The lowest BCUT2D eigenvalue weighted by molar-refractivity contribution is 0.102. The largest absolute Gasteiger partial charge is 0.496 e. The zero-order chi connectivity index (χ0) is 20.4. The number of benzene rings is 2. The third-order valence-corrected chi connectivity index (χ3v) is 4.55. The predicted molar refractivity (Wildman–Crippen MR) is 109 cm³/mol. The molecule has 146 valence electrons. The predicted octanol–water partition coefficient (Wildman–Crippen LogP) is 4.47. The molecule has 0 unspecified atom stereocenters. The summed E-state index contributed by atoms with van der Waals surface area (Å²) in [7, 11) is 3.03. The second-order valence-electron chi connectivity index (χ2n) is 6.37. The van der Waals surface area contributed by atoms with Crippen LogP contribution in [-0.4, -0.2) is 30.1 Å². The molecular weight excluding hydrogens is 370 g/mol. The summed E-state index contributed by atoms with van der Waals surface area (Å²) in [5.74, 6) is 0.962. The molecule has 1 amide bonds. The Morgan fingerprint density at radius 3 is 2.48 bits per heavy atom. The second-order valence-corrected chi connectivity index (χ2v) is 6.37. The first-order chi connectivity index (χ1) is 14.1. The number of hydrogen-bond donors (Lipinski definition) is 1. The highest BCUT2D eigenvalue weighted by molar-refractivity contribution is 6.08. The third-order valence-electron chi connectivity index (χ3n) is 4.55. The minimum absolute atomic E-state index is 0.327. The van der Waals surface area contributed by atoms with E-state index in [9.17, 15) is 4.79 Å². The summed E-state index contributed by atoms with van der Waals surface area (Å²) in [6.07, 6.45) is 1.66. The lowest BCUT2D eigenvalue weighted by Crippen LogP contribution is -2.15. The van der Waals surface area contributed by atoms with Crippen LogP contribution >= 0.6 is 0 Å². The van der Waals surface area contributed by atoms with Gasteiger partial charge in [-0.1, -0.05) is 12.1 Å². The van der Waals surface area contributed by atoms with E-state index in [0.717, 1.165) is 11.1 Å². The summed E-state index contributed by atoms with van der Waals surface area (Å²) in [5, 5.41) is 2.94. The van der Waals surface area contributed by atoms with Crippen LogP contribution in [0, 0.1) is 6.92 Å². The van der Waals surface area contributed by atoms with E-state index in [-0.39, 0.29) is 5.91 Å². The number of rotatable bonds is 5. The summed E-state index contributed by atoms with van der Waals surface area (Å²) in [6, 6.07) is 14.4. The fourth-order valence-electron chi connectivity index (χ4n) is 3.04. The normalized spacial score (nSPS) is 10.7. The smallest absolute Gasteiger partial charge is 0.263 e. The van der Waals surface area contributed by atoms with Gasteiger partial charge in [0, 0.05) is 17.4 Å². The highest BCUT2D eigenvalue weighted by Crippen LogP contribution is 2.31. The van der Waals surface area contributed by atoms with Gasteiger partial charge in [-0.05, 0) is 48.9 Å². The highest BCUT2D eigenvalue weighted by Gasteiger charge is 2.19. The summed E-state index contributed by atoms with van der Waals surface area (Å²) in [6.45, 7) is 1.91. The second kappa shape index (κ2) is 7.63. The molecule has 7 nitrogen and oxygen atoms in total. The molecule has 0 aliphatic rings. The Morgan fingerprint density at radius 2 is 1.79 bits per heavy atom. The Hall–Kier alpha value is -3.87. The van der Waals surface area contributed by atoms with Crippen molar-refractivity contribution in [1.82, 2.24) is 9.97 Å². The van der Waals surface area contributed by atoms with Gasteiger partial charge in [0.1, 0.15) is 17.1 Å². The van der Waals surface area contributed by atoms with Gasteiger partial charge in [0.25, 0.3) is 5.91 Å².